The molecule has 3 aromatic carbocycles. The molecule has 2 unspecified atom stereocenters. The molecule has 2 fully saturated rings. The standard InChI is InChI=1S/C29H37.C13H19.C9H10.2ClH.Zr/c1-18-25-22-17-19-13-9-10-14-20(19)24(22)21-15-11-12-16-23(21)29(25,8)28(6,7)27(4,5)26(18,2)3;1-11-6-7-12(10-11)13(2)8-4-3-5-9-13;1-3-9-6-4-8(2)5-7-9;;;/h9-11,13-15,23H,12,16-17H2,1-8H3;6-7,10H,3-5,8-9H2,1-2H3;4-7H,1-2H3;2*1H;/q2*-1;;;;+2/p-2. The van der Waals surface area contributed by atoms with E-state index in [4.69, 9.17) is 0 Å². The van der Waals surface area contributed by atoms with Crippen molar-refractivity contribution < 1.29 is 49.0 Å². The van der Waals surface area contributed by atoms with Gasteiger partial charge < -0.3 is 24.8 Å². The molecule has 8 rings (SSSR count). The second-order valence-electron chi connectivity index (χ2n) is 19.0. The van der Waals surface area contributed by atoms with Gasteiger partial charge in [0.15, 0.2) is 0 Å². The van der Waals surface area contributed by atoms with E-state index in [1.165, 1.54) is 100 Å². The first-order valence-electron chi connectivity index (χ1n) is 20.3. The third-order valence-corrected chi connectivity index (χ3v) is 16.6. The summed E-state index contributed by atoms with van der Waals surface area (Å²) in [6.07, 6.45) is 15.5. The van der Waals surface area contributed by atoms with Crippen molar-refractivity contribution in [3.05, 3.63) is 135 Å². The molecular weight excluding hydrogens is 775 g/mol. The van der Waals surface area contributed by atoms with E-state index in [0.29, 0.717) is 11.3 Å². The van der Waals surface area contributed by atoms with E-state index in [9.17, 15) is 0 Å². The summed E-state index contributed by atoms with van der Waals surface area (Å²) in [5.41, 5.74) is 16.5. The van der Waals surface area contributed by atoms with Crippen LogP contribution in [0, 0.1) is 47.3 Å². The third kappa shape index (κ3) is 7.40. The average molecular weight is 841 g/mol. The third-order valence-electron chi connectivity index (χ3n) is 15.8. The van der Waals surface area contributed by atoms with Crippen LogP contribution in [0.1, 0.15) is 148 Å². The second kappa shape index (κ2) is 16.6. The summed E-state index contributed by atoms with van der Waals surface area (Å²) in [6, 6.07) is 24.8. The number of rotatable bonds is 2. The van der Waals surface area contributed by atoms with E-state index in [1.807, 2.05) is 0 Å². The van der Waals surface area contributed by atoms with Gasteiger partial charge in [0, 0.05) is 0 Å². The minimum absolute atomic E-state index is 0. The molecule has 0 nitrogen and oxygen atoms in total. The Bertz CT molecular complexity index is 1900. The monoisotopic (exact) mass is 838 g/mol. The zero-order valence-electron chi connectivity index (χ0n) is 35.5. The van der Waals surface area contributed by atoms with Crippen LogP contribution in [0.25, 0.3) is 5.57 Å². The van der Waals surface area contributed by atoms with Crippen molar-refractivity contribution in [1.29, 1.82) is 0 Å². The zero-order chi connectivity index (χ0) is 37.9. The number of halogens is 2. The van der Waals surface area contributed by atoms with Crippen LogP contribution in [0.2, 0.25) is 0 Å². The van der Waals surface area contributed by atoms with Crippen molar-refractivity contribution in [2.75, 3.05) is 0 Å². The smallest absolute Gasteiger partial charge is 0.0533 e. The molecule has 0 amide bonds. The van der Waals surface area contributed by atoms with Crippen LogP contribution in [0.5, 0.6) is 0 Å². The molecule has 0 N–H and O–H groups in total. The number of benzene rings is 2. The Kier molecular flexibility index (Phi) is 13.8. The predicted molar refractivity (Wildman–Crippen MR) is 222 cm³/mol. The first-order valence-corrected chi connectivity index (χ1v) is 21.5. The average Bonchev–Trinajstić information content (AvgIpc) is 3.73. The fraction of sp³-hybridized carbons (Fsp3) is 0.510. The maximum atomic E-state index is 2.62. The SMILES string of the molecule is C[C-]1C2=C3Cc4ccccc4C3=C3C=CCCC3C2(C)C(C)(C)C(C)(C)C1(C)C.C[C](=[Zr+2])c1ccc(C)cc1.Cc1cc(C2(C)CCCCC2)c[cH-]1.[Cl-].[Cl-]. The van der Waals surface area contributed by atoms with Gasteiger partial charge in [0.25, 0.3) is 0 Å². The molecule has 2 saturated carbocycles. The Hall–Kier alpha value is -1.79. The van der Waals surface area contributed by atoms with Gasteiger partial charge >= 0.3 is 76.7 Å². The number of hydrogen-bond donors (Lipinski definition) is 0. The summed E-state index contributed by atoms with van der Waals surface area (Å²) in [7, 11) is 0. The molecule has 5 aliphatic carbocycles. The summed E-state index contributed by atoms with van der Waals surface area (Å²) in [4.78, 5) is 0. The first-order chi connectivity index (χ1) is 24.4. The van der Waals surface area contributed by atoms with Crippen LogP contribution in [0.4, 0.5) is 0 Å². The molecule has 0 radical (unpaired) electrons. The molecule has 0 saturated heterocycles. The maximum Gasteiger partial charge on any atom is -0.0533 e. The molecule has 2 atom stereocenters. The van der Waals surface area contributed by atoms with Gasteiger partial charge in [0.05, 0.1) is 0 Å². The van der Waals surface area contributed by atoms with Gasteiger partial charge in [-0.05, 0) is 40.6 Å². The van der Waals surface area contributed by atoms with Crippen LogP contribution in [-0.4, -0.2) is 3.21 Å². The Labute approximate surface area is 357 Å². The molecule has 54 heavy (non-hydrogen) atoms. The quantitative estimate of drug-likeness (QED) is 0.230. The molecule has 3 aromatic rings. The largest absolute Gasteiger partial charge is 1.00 e. The zero-order valence-corrected chi connectivity index (χ0v) is 39.5. The van der Waals surface area contributed by atoms with Gasteiger partial charge in [-0.25, -0.2) is 12.0 Å². The van der Waals surface area contributed by atoms with Crippen molar-refractivity contribution in [3.63, 3.8) is 0 Å². The molecule has 290 valence electrons. The number of aryl methyl sites for hydroxylation is 2. The van der Waals surface area contributed by atoms with Crippen LogP contribution >= 0.6 is 0 Å². The normalized spacial score (nSPS) is 24.9. The summed E-state index contributed by atoms with van der Waals surface area (Å²) in [5.74, 6) is 2.24. The Morgan fingerprint density at radius 1 is 0.833 bits per heavy atom. The van der Waals surface area contributed by atoms with Crippen molar-refractivity contribution in [3.8, 4) is 0 Å². The van der Waals surface area contributed by atoms with E-state index in [-0.39, 0.29) is 46.5 Å². The Morgan fingerprint density at radius 3 is 2.06 bits per heavy atom. The summed E-state index contributed by atoms with van der Waals surface area (Å²) >= 11 is 1.51. The van der Waals surface area contributed by atoms with Crippen LogP contribution < -0.4 is 24.8 Å². The summed E-state index contributed by atoms with van der Waals surface area (Å²) in [6.45, 7) is 29.2. The number of fused-ring (bicyclic) bond motifs is 6. The van der Waals surface area contributed by atoms with Gasteiger partial charge in [-0.15, -0.1) is 6.92 Å². The van der Waals surface area contributed by atoms with E-state index in [0.717, 1.165) is 6.42 Å². The number of hydrogen-bond acceptors (Lipinski definition) is 0. The molecule has 5 aliphatic rings. The predicted octanol–water partition coefficient (Wildman–Crippen LogP) is 7.99. The second-order valence-corrected chi connectivity index (χ2v) is 20.9. The van der Waals surface area contributed by atoms with Gasteiger partial charge in [0.1, 0.15) is 0 Å². The van der Waals surface area contributed by atoms with Crippen molar-refractivity contribution in [2.24, 2.45) is 27.6 Å². The minimum atomic E-state index is 0. The molecule has 0 aromatic heterocycles. The molecule has 3 heteroatoms. The van der Waals surface area contributed by atoms with Gasteiger partial charge in [-0.1, -0.05) is 165 Å². The van der Waals surface area contributed by atoms with Crippen molar-refractivity contribution in [1.82, 2.24) is 0 Å². The Morgan fingerprint density at radius 2 is 1.46 bits per heavy atom. The maximum absolute atomic E-state index is 2.62. The van der Waals surface area contributed by atoms with Gasteiger partial charge in [-0.3, -0.25) is 0 Å². The van der Waals surface area contributed by atoms with Crippen LogP contribution in [0.15, 0.2) is 95.6 Å². The fourth-order valence-electron chi connectivity index (χ4n) is 10.9. The van der Waals surface area contributed by atoms with Gasteiger partial charge in [-0.2, -0.15) is 34.4 Å². The molecule has 0 aliphatic heterocycles. The molecule has 0 heterocycles. The fourth-order valence-corrected chi connectivity index (χ4v) is 11.3. The van der Waals surface area contributed by atoms with E-state index in [1.54, 1.807) is 33.8 Å². The van der Waals surface area contributed by atoms with Crippen LogP contribution in [-0.2, 0) is 36.1 Å². The summed E-state index contributed by atoms with van der Waals surface area (Å²) in [5, 5.41) is 0. The topological polar surface area (TPSA) is 0 Å². The van der Waals surface area contributed by atoms with Crippen molar-refractivity contribution >= 4 is 8.78 Å². The van der Waals surface area contributed by atoms with E-state index < -0.39 is 0 Å². The molecule has 0 spiro atoms. The minimum Gasteiger partial charge on any atom is -1.00 e. The summed E-state index contributed by atoms with van der Waals surface area (Å²) < 4.78 is 1.46. The Balaban J connectivity index is 0.000000215. The van der Waals surface area contributed by atoms with Gasteiger partial charge in [0.2, 0.25) is 0 Å². The first kappa shape index (κ1) is 44.9. The van der Waals surface area contributed by atoms with E-state index in [2.05, 4.69) is 162 Å². The van der Waals surface area contributed by atoms with Crippen LogP contribution in [0.3, 0.4) is 0 Å². The van der Waals surface area contributed by atoms with Crippen molar-refractivity contribution in [2.45, 2.75) is 140 Å². The molecular formula is C51H66Cl2Zr-2. The number of allylic oxidation sites excluding steroid dienone is 6. The van der Waals surface area contributed by atoms with E-state index >= 15 is 0 Å². The molecule has 0 bridgehead atoms.